The van der Waals surface area contributed by atoms with Gasteiger partial charge in [-0.05, 0) is 60.6 Å². The molecule has 0 bridgehead atoms. The Hall–Kier alpha value is -3.15. The Kier molecular flexibility index (Phi) is 4.18. The molecule has 1 atom stereocenters. The van der Waals surface area contributed by atoms with Crippen LogP contribution in [0.15, 0.2) is 42.5 Å². The molecule has 1 saturated heterocycles. The number of imide groups is 1. The van der Waals surface area contributed by atoms with Crippen molar-refractivity contribution in [1.82, 2.24) is 10.6 Å². The Bertz CT molecular complexity index is 953. The first-order valence-corrected chi connectivity index (χ1v) is 9.09. The summed E-state index contributed by atoms with van der Waals surface area (Å²) in [6, 6.07) is 12.7. The number of hydrogen-bond donors (Lipinski definition) is 3. The maximum atomic E-state index is 12.5. The summed E-state index contributed by atoms with van der Waals surface area (Å²) >= 11 is 0. The molecule has 1 heterocycles. The van der Waals surface area contributed by atoms with Gasteiger partial charge in [0.2, 0.25) is 5.91 Å². The quantitative estimate of drug-likeness (QED) is 0.729. The molecule has 0 unspecified atom stereocenters. The van der Waals surface area contributed by atoms with Crippen LogP contribution in [-0.4, -0.2) is 17.8 Å². The lowest BCUT2D eigenvalue weighted by Crippen LogP contribution is -2.40. The number of nitrogens with one attached hydrogen (secondary N) is 3. The van der Waals surface area contributed by atoms with Crippen molar-refractivity contribution >= 4 is 23.5 Å². The van der Waals surface area contributed by atoms with Gasteiger partial charge in [0.15, 0.2) is 0 Å². The SMILES string of the molecule is C[C@@]1(c2cccc(NC(=O)Cc3ccc4c(c3)CCC4)c2)NC(=O)NC1=O. The summed E-state index contributed by atoms with van der Waals surface area (Å²) < 4.78 is 0. The summed E-state index contributed by atoms with van der Waals surface area (Å²) in [5, 5.41) is 7.75. The molecule has 1 aliphatic carbocycles. The van der Waals surface area contributed by atoms with E-state index in [1.165, 1.54) is 17.5 Å². The third-order valence-corrected chi connectivity index (χ3v) is 5.30. The molecule has 27 heavy (non-hydrogen) atoms. The van der Waals surface area contributed by atoms with Gasteiger partial charge in [0.25, 0.3) is 5.91 Å². The molecule has 2 aromatic rings. The fourth-order valence-corrected chi connectivity index (χ4v) is 3.78. The molecule has 1 aliphatic heterocycles. The zero-order valence-electron chi connectivity index (χ0n) is 15.1. The molecular formula is C21H21N3O3. The number of hydrogen-bond acceptors (Lipinski definition) is 3. The molecule has 0 saturated carbocycles. The highest BCUT2D eigenvalue weighted by Gasteiger charge is 2.43. The molecule has 4 rings (SSSR count). The van der Waals surface area contributed by atoms with Crippen LogP contribution in [0.2, 0.25) is 0 Å². The van der Waals surface area contributed by atoms with E-state index in [4.69, 9.17) is 0 Å². The number of urea groups is 1. The van der Waals surface area contributed by atoms with Gasteiger partial charge in [0.05, 0.1) is 6.42 Å². The average Bonchev–Trinajstić information content (AvgIpc) is 3.19. The first-order valence-electron chi connectivity index (χ1n) is 9.09. The zero-order chi connectivity index (χ0) is 19.0. The summed E-state index contributed by atoms with van der Waals surface area (Å²) in [4.78, 5) is 36.0. The van der Waals surface area contributed by atoms with Crippen molar-refractivity contribution in [3.63, 3.8) is 0 Å². The van der Waals surface area contributed by atoms with Crippen LogP contribution in [0.5, 0.6) is 0 Å². The first-order chi connectivity index (χ1) is 12.9. The lowest BCUT2D eigenvalue weighted by atomic mass is 9.92. The number of fused-ring (bicyclic) bond motifs is 1. The minimum absolute atomic E-state index is 0.116. The van der Waals surface area contributed by atoms with Gasteiger partial charge in [0, 0.05) is 5.69 Å². The van der Waals surface area contributed by atoms with Gasteiger partial charge in [-0.3, -0.25) is 14.9 Å². The fourth-order valence-electron chi connectivity index (χ4n) is 3.78. The monoisotopic (exact) mass is 363 g/mol. The van der Waals surface area contributed by atoms with E-state index in [2.05, 4.69) is 28.1 Å². The van der Waals surface area contributed by atoms with Crippen LogP contribution in [0.1, 0.15) is 35.6 Å². The Balaban J connectivity index is 1.47. The number of amides is 4. The predicted molar refractivity (Wildman–Crippen MR) is 101 cm³/mol. The molecular weight excluding hydrogens is 342 g/mol. The van der Waals surface area contributed by atoms with E-state index in [0.717, 1.165) is 18.4 Å². The standard InChI is InChI=1S/C21H21N3O3/c1-21(19(26)23-20(27)24-21)16-6-3-7-17(12-16)22-18(25)11-13-8-9-14-4-2-5-15(14)10-13/h3,6-10,12H,2,4-5,11H2,1H3,(H,22,25)(H2,23,24,26,27)/t21-/m0/s1. The van der Waals surface area contributed by atoms with Crippen molar-refractivity contribution in [3.8, 4) is 0 Å². The van der Waals surface area contributed by atoms with Gasteiger partial charge in [0.1, 0.15) is 5.54 Å². The second-order valence-electron chi connectivity index (χ2n) is 7.30. The number of anilines is 1. The van der Waals surface area contributed by atoms with Gasteiger partial charge in [-0.25, -0.2) is 4.79 Å². The second-order valence-corrected chi connectivity index (χ2v) is 7.30. The van der Waals surface area contributed by atoms with E-state index in [1.807, 2.05) is 6.07 Å². The number of rotatable bonds is 4. The molecule has 0 spiro atoms. The lowest BCUT2D eigenvalue weighted by Gasteiger charge is -2.21. The van der Waals surface area contributed by atoms with Crippen LogP contribution in [0.25, 0.3) is 0 Å². The van der Waals surface area contributed by atoms with E-state index in [1.54, 1.807) is 31.2 Å². The highest BCUT2D eigenvalue weighted by Crippen LogP contribution is 2.27. The molecule has 2 aliphatic rings. The maximum absolute atomic E-state index is 12.5. The number of aryl methyl sites for hydroxylation is 2. The molecule has 6 heteroatoms. The molecule has 1 fully saturated rings. The van der Waals surface area contributed by atoms with Crippen LogP contribution >= 0.6 is 0 Å². The van der Waals surface area contributed by atoms with Crippen molar-refractivity contribution < 1.29 is 14.4 Å². The normalized spacial score (nSPS) is 20.8. The van der Waals surface area contributed by atoms with E-state index >= 15 is 0 Å². The van der Waals surface area contributed by atoms with Crippen LogP contribution in [0, 0.1) is 0 Å². The Morgan fingerprint density at radius 1 is 1.11 bits per heavy atom. The van der Waals surface area contributed by atoms with E-state index in [0.29, 0.717) is 17.7 Å². The summed E-state index contributed by atoms with van der Waals surface area (Å²) in [5.41, 5.74) is 3.79. The number of carbonyl (C=O) groups is 3. The van der Waals surface area contributed by atoms with Crippen LogP contribution < -0.4 is 16.0 Å². The largest absolute Gasteiger partial charge is 0.326 e. The van der Waals surface area contributed by atoms with Crippen LogP contribution in [0.4, 0.5) is 10.5 Å². The van der Waals surface area contributed by atoms with Crippen molar-refractivity contribution in [3.05, 3.63) is 64.7 Å². The Labute approximate surface area is 157 Å². The number of carbonyl (C=O) groups excluding carboxylic acids is 3. The second kappa shape index (κ2) is 6.54. The summed E-state index contributed by atoms with van der Waals surface area (Å²) in [5.74, 6) is -0.524. The molecule has 0 aromatic heterocycles. The molecule has 3 N–H and O–H groups in total. The molecule has 2 aromatic carbocycles. The first kappa shape index (κ1) is 17.3. The van der Waals surface area contributed by atoms with Gasteiger partial charge >= 0.3 is 6.03 Å². The van der Waals surface area contributed by atoms with E-state index in [-0.39, 0.29) is 5.91 Å². The molecule has 138 valence electrons. The predicted octanol–water partition coefficient (Wildman–Crippen LogP) is 2.41. The van der Waals surface area contributed by atoms with Crippen molar-refractivity contribution in [2.45, 2.75) is 38.1 Å². The van der Waals surface area contributed by atoms with Crippen LogP contribution in [0.3, 0.4) is 0 Å². The lowest BCUT2D eigenvalue weighted by molar-refractivity contribution is -0.123. The van der Waals surface area contributed by atoms with E-state index in [9.17, 15) is 14.4 Å². The van der Waals surface area contributed by atoms with Gasteiger partial charge < -0.3 is 10.6 Å². The summed E-state index contributed by atoms with van der Waals surface area (Å²) in [7, 11) is 0. The molecule has 4 amide bonds. The van der Waals surface area contributed by atoms with E-state index < -0.39 is 17.5 Å². The van der Waals surface area contributed by atoms with Crippen LogP contribution in [-0.2, 0) is 34.4 Å². The van der Waals surface area contributed by atoms with Crippen molar-refractivity contribution in [2.24, 2.45) is 0 Å². The highest BCUT2D eigenvalue weighted by atomic mass is 16.2. The van der Waals surface area contributed by atoms with Gasteiger partial charge in [-0.15, -0.1) is 0 Å². The topological polar surface area (TPSA) is 87.3 Å². The summed E-state index contributed by atoms with van der Waals surface area (Å²) in [6.45, 7) is 1.64. The highest BCUT2D eigenvalue weighted by molar-refractivity contribution is 6.07. The average molecular weight is 363 g/mol. The minimum atomic E-state index is -1.14. The third kappa shape index (κ3) is 3.30. The maximum Gasteiger partial charge on any atom is 0.322 e. The Morgan fingerprint density at radius 3 is 2.70 bits per heavy atom. The number of benzene rings is 2. The van der Waals surface area contributed by atoms with Gasteiger partial charge in [-0.1, -0.05) is 30.3 Å². The zero-order valence-corrected chi connectivity index (χ0v) is 15.1. The Morgan fingerprint density at radius 2 is 1.93 bits per heavy atom. The third-order valence-electron chi connectivity index (χ3n) is 5.30. The van der Waals surface area contributed by atoms with Gasteiger partial charge in [-0.2, -0.15) is 0 Å². The fraction of sp³-hybridized carbons (Fsp3) is 0.286. The minimum Gasteiger partial charge on any atom is -0.326 e. The molecule has 0 radical (unpaired) electrons. The smallest absolute Gasteiger partial charge is 0.322 e. The molecule has 6 nitrogen and oxygen atoms in total. The van der Waals surface area contributed by atoms with Crippen molar-refractivity contribution in [2.75, 3.05) is 5.32 Å². The van der Waals surface area contributed by atoms with Crippen molar-refractivity contribution in [1.29, 1.82) is 0 Å². The summed E-state index contributed by atoms with van der Waals surface area (Å²) in [6.07, 6.45) is 3.68.